The maximum absolute atomic E-state index is 12.3. The molecule has 0 heterocycles. The number of anilines is 1. The third-order valence-corrected chi connectivity index (χ3v) is 5.12. The minimum Gasteiger partial charge on any atom is -0.352 e. The zero-order valence-electron chi connectivity index (χ0n) is 13.7. The predicted molar refractivity (Wildman–Crippen MR) is 90.5 cm³/mol. The van der Waals surface area contributed by atoms with Crippen LogP contribution in [0.3, 0.4) is 0 Å². The molecule has 124 valence electrons. The first-order valence-electron chi connectivity index (χ1n) is 7.66. The van der Waals surface area contributed by atoms with Gasteiger partial charge in [0.2, 0.25) is 10.0 Å². The molecular weight excluding hydrogens is 300 g/mol. The molecule has 1 aromatic carbocycles. The fraction of sp³-hybridized carbons (Fsp3) is 0.562. The molecule has 0 bridgehead atoms. The maximum atomic E-state index is 12.3. The number of amides is 1. The van der Waals surface area contributed by atoms with E-state index in [2.05, 4.69) is 10.0 Å². The van der Waals surface area contributed by atoms with Crippen molar-refractivity contribution in [2.45, 2.75) is 45.8 Å². The van der Waals surface area contributed by atoms with E-state index in [0.717, 1.165) is 6.42 Å². The van der Waals surface area contributed by atoms with Crippen LogP contribution in [0, 0.1) is 5.92 Å². The molecule has 2 N–H and O–H groups in total. The molecule has 0 aliphatic rings. The third-order valence-electron chi connectivity index (χ3n) is 3.32. The van der Waals surface area contributed by atoms with Crippen molar-refractivity contribution in [3.05, 3.63) is 29.8 Å². The number of nitrogens with one attached hydrogen (secondary N) is 2. The summed E-state index contributed by atoms with van der Waals surface area (Å²) in [4.78, 5) is 12.2. The summed E-state index contributed by atoms with van der Waals surface area (Å²) in [6.07, 6.45) is 1.37. The van der Waals surface area contributed by atoms with Crippen molar-refractivity contribution < 1.29 is 13.2 Å². The van der Waals surface area contributed by atoms with E-state index in [-0.39, 0.29) is 5.91 Å². The molecular formula is C16H26N2O3S. The molecule has 22 heavy (non-hydrogen) atoms. The lowest BCUT2D eigenvalue weighted by atomic mass is 10.1. The average molecular weight is 326 g/mol. The van der Waals surface area contributed by atoms with Gasteiger partial charge in [-0.25, -0.2) is 8.42 Å². The van der Waals surface area contributed by atoms with E-state index in [1.54, 1.807) is 31.2 Å². The molecule has 0 saturated heterocycles. The Kier molecular flexibility index (Phi) is 6.87. The van der Waals surface area contributed by atoms with Gasteiger partial charge in [-0.2, -0.15) is 0 Å². The number of carbonyl (C=O) groups is 1. The molecule has 1 atom stereocenters. The van der Waals surface area contributed by atoms with E-state index in [4.69, 9.17) is 0 Å². The Morgan fingerprint density at radius 3 is 2.41 bits per heavy atom. The summed E-state index contributed by atoms with van der Waals surface area (Å²) in [6.45, 7) is 8.17. The first-order valence-corrected chi connectivity index (χ1v) is 9.21. The van der Waals surface area contributed by atoms with Crippen LogP contribution in [0.1, 0.15) is 50.9 Å². The topological polar surface area (TPSA) is 75.3 Å². The van der Waals surface area contributed by atoms with Crippen molar-refractivity contribution in [2.75, 3.05) is 11.3 Å². The Labute approximate surface area is 133 Å². The summed E-state index contributed by atoms with van der Waals surface area (Å²) >= 11 is 0. The van der Waals surface area contributed by atoms with E-state index >= 15 is 0 Å². The van der Waals surface area contributed by atoms with E-state index in [1.807, 2.05) is 20.8 Å². The number of hydrogen-bond acceptors (Lipinski definition) is 3. The van der Waals surface area contributed by atoms with Crippen molar-refractivity contribution >= 4 is 21.6 Å². The first-order chi connectivity index (χ1) is 10.3. The second-order valence-electron chi connectivity index (χ2n) is 5.90. The Morgan fingerprint density at radius 1 is 1.18 bits per heavy atom. The highest BCUT2D eigenvalue weighted by Crippen LogP contribution is 2.19. The summed E-state index contributed by atoms with van der Waals surface area (Å²) < 4.78 is 27.1. The van der Waals surface area contributed by atoms with Crippen LogP contribution in [0.15, 0.2) is 24.3 Å². The van der Waals surface area contributed by atoms with E-state index in [0.29, 0.717) is 30.1 Å². The van der Waals surface area contributed by atoms with Crippen molar-refractivity contribution in [3.63, 3.8) is 0 Å². The minimum absolute atomic E-state index is 0.268. The van der Waals surface area contributed by atoms with Gasteiger partial charge in [-0.3, -0.25) is 9.52 Å². The van der Waals surface area contributed by atoms with Gasteiger partial charge in [0.15, 0.2) is 0 Å². The summed E-state index contributed by atoms with van der Waals surface area (Å²) in [5.41, 5.74) is 0.669. The normalized spacial score (nSPS) is 13.0. The van der Waals surface area contributed by atoms with Crippen LogP contribution in [0.5, 0.6) is 0 Å². The third kappa shape index (κ3) is 5.33. The number of rotatable bonds is 8. The lowest BCUT2D eigenvalue weighted by Gasteiger charge is -2.16. The first kappa shape index (κ1) is 18.5. The van der Waals surface area contributed by atoms with Crippen LogP contribution in [0.25, 0.3) is 0 Å². The second-order valence-corrected chi connectivity index (χ2v) is 7.99. The summed E-state index contributed by atoms with van der Waals surface area (Å²) in [5.74, 6) is 0.0625. The molecule has 1 unspecified atom stereocenters. The molecule has 0 aliphatic carbocycles. The number of para-hydroxylation sites is 1. The van der Waals surface area contributed by atoms with Gasteiger partial charge in [0, 0.05) is 6.54 Å². The molecule has 0 fully saturated rings. The highest BCUT2D eigenvalue weighted by atomic mass is 32.2. The molecule has 0 spiro atoms. The van der Waals surface area contributed by atoms with Gasteiger partial charge in [0.25, 0.3) is 5.91 Å². The van der Waals surface area contributed by atoms with Crippen molar-refractivity contribution in [3.8, 4) is 0 Å². The van der Waals surface area contributed by atoms with Crippen LogP contribution in [0.2, 0.25) is 0 Å². The number of carbonyl (C=O) groups excluding carboxylic acids is 1. The number of sulfonamides is 1. The van der Waals surface area contributed by atoms with Crippen molar-refractivity contribution in [2.24, 2.45) is 5.92 Å². The summed E-state index contributed by atoms with van der Waals surface area (Å²) in [6, 6.07) is 6.66. The highest BCUT2D eigenvalue weighted by Gasteiger charge is 2.22. The molecule has 5 nitrogen and oxygen atoms in total. The van der Waals surface area contributed by atoms with Crippen LogP contribution in [-0.4, -0.2) is 26.1 Å². The molecule has 0 saturated carbocycles. The lowest BCUT2D eigenvalue weighted by molar-refractivity contribution is 0.0950. The monoisotopic (exact) mass is 326 g/mol. The molecule has 0 radical (unpaired) electrons. The predicted octanol–water partition coefficient (Wildman–Crippen LogP) is 3.00. The fourth-order valence-electron chi connectivity index (χ4n) is 1.98. The van der Waals surface area contributed by atoms with E-state index in [9.17, 15) is 13.2 Å². The molecule has 1 aromatic rings. The zero-order chi connectivity index (χ0) is 16.8. The lowest BCUT2D eigenvalue weighted by Crippen LogP contribution is -2.30. The van der Waals surface area contributed by atoms with Gasteiger partial charge < -0.3 is 5.32 Å². The maximum Gasteiger partial charge on any atom is 0.253 e. The smallest absolute Gasteiger partial charge is 0.253 e. The Morgan fingerprint density at radius 2 is 1.82 bits per heavy atom. The quantitative estimate of drug-likeness (QED) is 0.771. The van der Waals surface area contributed by atoms with E-state index < -0.39 is 15.3 Å². The van der Waals surface area contributed by atoms with Gasteiger partial charge in [0.05, 0.1) is 16.5 Å². The zero-order valence-corrected chi connectivity index (χ0v) is 14.5. The average Bonchev–Trinajstić information content (AvgIpc) is 2.45. The minimum atomic E-state index is -3.49. The number of hydrogen-bond donors (Lipinski definition) is 2. The van der Waals surface area contributed by atoms with Crippen LogP contribution >= 0.6 is 0 Å². The molecule has 6 heteroatoms. The van der Waals surface area contributed by atoms with Gasteiger partial charge >= 0.3 is 0 Å². The van der Waals surface area contributed by atoms with Crippen molar-refractivity contribution in [1.82, 2.24) is 5.32 Å². The van der Waals surface area contributed by atoms with Gasteiger partial charge in [-0.15, -0.1) is 0 Å². The van der Waals surface area contributed by atoms with Crippen LogP contribution < -0.4 is 10.0 Å². The van der Waals surface area contributed by atoms with E-state index in [1.165, 1.54) is 0 Å². The second kappa shape index (κ2) is 8.17. The van der Waals surface area contributed by atoms with Crippen molar-refractivity contribution in [1.29, 1.82) is 0 Å². The highest BCUT2D eigenvalue weighted by molar-refractivity contribution is 7.93. The molecule has 0 aromatic heterocycles. The van der Waals surface area contributed by atoms with Gasteiger partial charge in [-0.1, -0.05) is 39.3 Å². The molecule has 1 amide bonds. The Bertz CT molecular complexity index is 597. The van der Waals surface area contributed by atoms with Crippen LogP contribution in [0.4, 0.5) is 5.69 Å². The summed E-state index contributed by atoms with van der Waals surface area (Å²) in [5, 5.41) is 2.31. The summed E-state index contributed by atoms with van der Waals surface area (Å²) in [7, 11) is -3.49. The van der Waals surface area contributed by atoms with Gasteiger partial charge in [-0.05, 0) is 31.4 Å². The van der Waals surface area contributed by atoms with Crippen LogP contribution in [-0.2, 0) is 10.0 Å². The standard InChI is InChI=1S/C16H26N2O3S/c1-5-8-13(4)22(20,21)18-15-10-7-6-9-14(15)16(19)17-11-12(2)3/h6-7,9-10,12-13,18H,5,8,11H2,1-4H3,(H,17,19). The molecule has 1 rings (SSSR count). The Balaban J connectivity index is 2.95. The SMILES string of the molecule is CCCC(C)S(=O)(=O)Nc1ccccc1C(=O)NCC(C)C. The Hall–Kier alpha value is -1.56. The number of benzene rings is 1. The van der Waals surface area contributed by atoms with Gasteiger partial charge in [0.1, 0.15) is 0 Å². The molecule has 0 aliphatic heterocycles. The largest absolute Gasteiger partial charge is 0.352 e. The fourth-order valence-corrected chi connectivity index (χ4v) is 3.21.